The third-order valence-corrected chi connectivity index (χ3v) is 4.16. The van der Waals surface area contributed by atoms with Gasteiger partial charge in [0, 0.05) is 10.0 Å². The Balaban J connectivity index is 2.08. The van der Waals surface area contributed by atoms with Gasteiger partial charge in [-0.3, -0.25) is 4.57 Å². The largest absolute Gasteiger partial charge is 0.290 e. The summed E-state index contributed by atoms with van der Waals surface area (Å²) in [6.07, 6.45) is 0. The van der Waals surface area contributed by atoms with Crippen LogP contribution in [-0.2, 0) is 0 Å². The van der Waals surface area contributed by atoms with Crippen molar-refractivity contribution in [3.05, 3.63) is 69.9 Å². The van der Waals surface area contributed by atoms with Gasteiger partial charge in [0.15, 0.2) is 5.82 Å². The summed E-state index contributed by atoms with van der Waals surface area (Å²) in [6, 6.07) is 18.1. The van der Waals surface area contributed by atoms with E-state index in [4.69, 9.17) is 11.6 Å². The van der Waals surface area contributed by atoms with E-state index in [1.54, 1.807) is 0 Å². The van der Waals surface area contributed by atoms with Crippen molar-refractivity contribution in [1.29, 1.82) is 0 Å². The molecule has 0 aliphatic rings. The van der Waals surface area contributed by atoms with Gasteiger partial charge in [-0.1, -0.05) is 58.4 Å². The first-order valence-electron chi connectivity index (χ1n) is 6.58. The van der Waals surface area contributed by atoms with Gasteiger partial charge in [0.05, 0.1) is 6.04 Å². The second-order valence-electron chi connectivity index (χ2n) is 4.76. The van der Waals surface area contributed by atoms with E-state index in [0.717, 1.165) is 21.4 Å². The zero-order chi connectivity index (χ0) is 14.8. The first-order valence-corrected chi connectivity index (χ1v) is 7.75. The lowest BCUT2D eigenvalue weighted by Crippen LogP contribution is -2.09. The van der Waals surface area contributed by atoms with Gasteiger partial charge in [-0.05, 0) is 36.2 Å². The minimum absolute atomic E-state index is 0.0419. The fraction of sp³-hybridized carbons (Fsp3) is 0.125. The molecule has 106 valence electrons. The maximum Gasteiger partial charge on any atom is 0.225 e. The van der Waals surface area contributed by atoms with Crippen LogP contribution in [0, 0.1) is 0 Å². The minimum atomic E-state index is 0.0419. The van der Waals surface area contributed by atoms with Gasteiger partial charge in [0.25, 0.3) is 0 Å². The predicted octanol–water partition coefficient (Wildman–Crippen LogP) is 4.97. The fourth-order valence-corrected chi connectivity index (χ4v) is 3.00. The molecule has 1 heterocycles. The number of benzene rings is 2. The van der Waals surface area contributed by atoms with Crippen molar-refractivity contribution in [3.63, 3.8) is 0 Å². The van der Waals surface area contributed by atoms with Gasteiger partial charge in [-0.15, -0.1) is 10.2 Å². The van der Waals surface area contributed by atoms with Crippen molar-refractivity contribution >= 4 is 27.5 Å². The second kappa shape index (κ2) is 6.00. The number of rotatable bonds is 3. The molecule has 0 spiro atoms. The SMILES string of the molecule is CC(c1cccc(Br)c1)n1c(Cl)nnc1-c1ccccc1. The van der Waals surface area contributed by atoms with E-state index in [9.17, 15) is 0 Å². The zero-order valence-corrected chi connectivity index (χ0v) is 13.7. The molecular weight excluding hydrogens is 350 g/mol. The van der Waals surface area contributed by atoms with Crippen LogP contribution in [0.15, 0.2) is 59.1 Å². The van der Waals surface area contributed by atoms with Crippen molar-refractivity contribution < 1.29 is 0 Å². The highest BCUT2D eigenvalue weighted by Crippen LogP contribution is 2.29. The van der Waals surface area contributed by atoms with Crippen molar-refractivity contribution in [3.8, 4) is 11.4 Å². The van der Waals surface area contributed by atoms with Gasteiger partial charge in [-0.25, -0.2) is 0 Å². The highest BCUT2D eigenvalue weighted by atomic mass is 79.9. The molecule has 3 aromatic rings. The third-order valence-electron chi connectivity index (χ3n) is 3.40. The van der Waals surface area contributed by atoms with Crippen LogP contribution >= 0.6 is 27.5 Å². The van der Waals surface area contributed by atoms with Crippen LogP contribution in [0.2, 0.25) is 5.28 Å². The molecule has 1 unspecified atom stereocenters. The topological polar surface area (TPSA) is 30.7 Å². The van der Waals surface area contributed by atoms with Crippen LogP contribution in [0.1, 0.15) is 18.5 Å². The fourth-order valence-electron chi connectivity index (χ4n) is 2.32. The molecule has 0 aliphatic carbocycles. The van der Waals surface area contributed by atoms with Crippen LogP contribution in [0.5, 0.6) is 0 Å². The predicted molar refractivity (Wildman–Crippen MR) is 88.4 cm³/mol. The molecule has 0 bridgehead atoms. The van der Waals surface area contributed by atoms with Crippen molar-refractivity contribution in [2.24, 2.45) is 0 Å². The van der Waals surface area contributed by atoms with E-state index in [0.29, 0.717) is 5.28 Å². The van der Waals surface area contributed by atoms with Gasteiger partial charge in [0.2, 0.25) is 5.28 Å². The van der Waals surface area contributed by atoms with Crippen molar-refractivity contribution in [2.45, 2.75) is 13.0 Å². The normalized spacial score (nSPS) is 12.3. The number of halogens is 2. The van der Waals surface area contributed by atoms with Crippen LogP contribution in [-0.4, -0.2) is 14.8 Å². The summed E-state index contributed by atoms with van der Waals surface area (Å²) in [5.41, 5.74) is 2.14. The van der Waals surface area contributed by atoms with Crippen LogP contribution < -0.4 is 0 Å². The molecule has 0 fully saturated rings. The number of hydrogen-bond acceptors (Lipinski definition) is 2. The summed E-state index contributed by atoms with van der Waals surface area (Å²) in [7, 11) is 0. The molecule has 5 heteroatoms. The van der Waals surface area contributed by atoms with Gasteiger partial charge in [0.1, 0.15) is 0 Å². The third kappa shape index (κ3) is 2.87. The van der Waals surface area contributed by atoms with Crippen LogP contribution in [0.4, 0.5) is 0 Å². The van der Waals surface area contributed by atoms with Gasteiger partial charge >= 0.3 is 0 Å². The molecule has 0 aliphatic heterocycles. The average Bonchev–Trinajstić information content (AvgIpc) is 2.89. The minimum Gasteiger partial charge on any atom is -0.290 e. The monoisotopic (exact) mass is 361 g/mol. The van der Waals surface area contributed by atoms with Crippen LogP contribution in [0.3, 0.4) is 0 Å². The number of hydrogen-bond donors (Lipinski definition) is 0. The molecule has 2 aromatic carbocycles. The smallest absolute Gasteiger partial charge is 0.225 e. The van der Waals surface area contributed by atoms with Crippen LogP contribution in [0.25, 0.3) is 11.4 Å². The second-order valence-corrected chi connectivity index (χ2v) is 6.01. The molecule has 0 radical (unpaired) electrons. The summed E-state index contributed by atoms with van der Waals surface area (Å²) in [5, 5.41) is 8.64. The highest BCUT2D eigenvalue weighted by Gasteiger charge is 2.18. The molecular formula is C16H13BrClN3. The summed E-state index contributed by atoms with van der Waals surface area (Å²) in [5.74, 6) is 0.771. The lowest BCUT2D eigenvalue weighted by Gasteiger charge is -2.17. The molecule has 3 nitrogen and oxygen atoms in total. The van der Waals surface area contributed by atoms with Gasteiger partial charge in [-0.2, -0.15) is 0 Å². The first-order chi connectivity index (χ1) is 10.2. The van der Waals surface area contributed by atoms with E-state index in [-0.39, 0.29) is 6.04 Å². The van der Waals surface area contributed by atoms with E-state index in [2.05, 4.69) is 45.2 Å². The molecule has 0 saturated carbocycles. The summed E-state index contributed by atoms with van der Waals surface area (Å²) in [6.45, 7) is 2.09. The quantitative estimate of drug-likeness (QED) is 0.658. The molecule has 3 rings (SSSR count). The van der Waals surface area contributed by atoms with Crippen molar-refractivity contribution in [2.75, 3.05) is 0 Å². The molecule has 0 N–H and O–H groups in total. The zero-order valence-electron chi connectivity index (χ0n) is 11.4. The Kier molecular flexibility index (Phi) is 4.08. The number of aromatic nitrogens is 3. The van der Waals surface area contributed by atoms with E-state index in [1.165, 1.54) is 0 Å². The number of nitrogens with zero attached hydrogens (tertiary/aromatic N) is 3. The molecule has 0 saturated heterocycles. The summed E-state index contributed by atoms with van der Waals surface area (Å²) >= 11 is 9.76. The van der Waals surface area contributed by atoms with E-state index in [1.807, 2.05) is 47.0 Å². The standard InChI is InChI=1S/C16H13BrClN3/c1-11(13-8-5-9-14(17)10-13)21-15(19-20-16(21)18)12-6-3-2-4-7-12/h2-11H,1H3. The molecule has 0 amide bonds. The maximum absolute atomic E-state index is 6.26. The Bertz CT molecular complexity index is 755. The Morgan fingerprint density at radius 2 is 1.81 bits per heavy atom. The van der Waals surface area contributed by atoms with E-state index >= 15 is 0 Å². The lowest BCUT2D eigenvalue weighted by molar-refractivity contribution is 0.643. The molecule has 1 atom stereocenters. The summed E-state index contributed by atoms with van der Waals surface area (Å²) in [4.78, 5) is 0. The highest BCUT2D eigenvalue weighted by molar-refractivity contribution is 9.10. The Hall–Kier alpha value is -1.65. The lowest BCUT2D eigenvalue weighted by atomic mass is 10.1. The Labute approximate surface area is 136 Å². The summed E-state index contributed by atoms with van der Waals surface area (Å²) < 4.78 is 2.98. The molecule has 1 aromatic heterocycles. The Morgan fingerprint density at radius 1 is 1.05 bits per heavy atom. The average molecular weight is 363 g/mol. The maximum atomic E-state index is 6.26. The van der Waals surface area contributed by atoms with E-state index < -0.39 is 0 Å². The van der Waals surface area contributed by atoms with Gasteiger partial charge < -0.3 is 0 Å². The van der Waals surface area contributed by atoms with Crippen molar-refractivity contribution in [1.82, 2.24) is 14.8 Å². The molecule has 21 heavy (non-hydrogen) atoms. The first kappa shape index (κ1) is 14.3. The Morgan fingerprint density at radius 3 is 2.52 bits per heavy atom.